The van der Waals surface area contributed by atoms with E-state index in [0.29, 0.717) is 18.4 Å². The van der Waals surface area contributed by atoms with Crippen molar-refractivity contribution in [1.29, 1.82) is 0 Å². The van der Waals surface area contributed by atoms with E-state index >= 15 is 0 Å². The number of nitrogens with one attached hydrogen (secondary N) is 1. The number of carboxylic acids is 1. The maximum Gasteiger partial charge on any atom is 0.521 e. The van der Waals surface area contributed by atoms with Crippen LogP contribution < -0.4 is 5.32 Å². The molecule has 1 aliphatic rings. The summed E-state index contributed by atoms with van der Waals surface area (Å²) in [7, 11) is 0. The summed E-state index contributed by atoms with van der Waals surface area (Å²) in [5, 5.41) is 21.3. The molecule has 2 rings (SSSR count). The Morgan fingerprint density at radius 1 is 1.19 bits per heavy atom. The predicted octanol–water partition coefficient (Wildman–Crippen LogP) is 1.85. The fourth-order valence-corrected chi connectivity index (χ4v) is 3.39. The van der Waals surface area contributed by atoms with Gasteiger partial charge in [0.25, 0.3) is 5.91 Å². The lowest BCUT2D eigenvalue weighted by atomic mass is 10.1. The van der Waals surface area contributed by atoms with E-state index in [1.807, 2.05) is 0 Å². The SMILES string of the molecule is C[C@@H]1CCC[N+]1(C(=O)O)C(=O)CC[C@H](NC(=O)c1ccccc1)C(=O)O. The predicted molar refractivity (Wildman–Crippen MR) is 91.4 cm³/mol. The number of likely N-dealkylation sites (tertiary alicyclic amines) is 1. The van der Waals surface area contributed by atoms with Crippen molar-refractivity contribution in [3.8, 4) is 0 Å². The van der Waals surface area contributed by atoms with Crippen LogP contribution in [0.25, 0.3) is 0 Å². The lowest BCUT2D eigenvalue weighted by molar-refractivity contribution is -0.792. The van der Waals surface area contributed by atoms with E-state index in [1.165, 1.54) is 0 Å². The Hall–Kier alpha value is -2.74. The van der Waals surface area contributed by atoms with Crippen LogP contribution in [0.4, 0.5) is 4.79 Å². The smallest absolute Gasteiger partial charge is 0.480 e. The standard InChI is InChI=1S/C18H22N2O6/c1-12-6-5-11-20(12,18(25)26)15(21)10-9-14(17(23)24)19-16(22)13-7-3-2-4-8-13/h2-4,7-8,12,14H,5-6,9-11H2,1H3,(H2-,19,22,23,24,25,26)/p+1/t12-,14+,20?/m1/s1. The fourth-order valence-electron chi connectivity index (χ4n) is 3.39. The number of hydrogen-bond donors (Lipinski definition) is 3. The highest BCUT2D eigenvalue weighted by Gasteiger charge is 2.52. The summed E-state index contributed by atoms with van der Waals surface area (Å²) in [5.41, 5.74) is 0.312. The molecule has 3 N–H and O–H groups in total. The third-order valence-corrected chi connectivity index (χ3v) is 4.96. The number of rotatable bonds is 6. The van der Waals surface area contributed by atoms with Crippen molar-refractivity contribution < 1.29 is 33.9 Å². The highest BCUT2D eigenvalue weighted by Crippen LogP contribution is 2.29. The van der Waals surface area contributed by atoms with Crippen LogP contribution in [0.1, 0.15) is 43.0 Å². The van der Waals surface area contributed by atoms with Gasteiger partial charge in [0.05, 0.1) is 13.0 Å². The molecule has 3 amide bonds. The number of imide groups is 1. The molecule has 0 saturated carbocycles. The largest absolute Gasteiger partial charge is 0.521 e. The highest BCUT2D eigenvalue weighted by atomic mass is 16.4. The molecule has 8 heteroatoms. The van der Waals surface area contributed by atoms with Gasteiger partial charge in [0.2, 0.25) is 0 Å². The number of nitrogens with zero attached hydrogens (tertiary/aromatic N) is 1. The number of benzene rings is 1. The second-order valence-electron chi connectivity index (χ2n) is 6.53. The van der Waals surface area contributed by atoms with Gasteiger partial charge in [0.1, 0.15) is 12.1 Å². The van der Waals surface area contributed by atoms with Crippen molar-refractivity contribution in [2.24, 2.45) is 0 Å². The van der Waals surface area contributed by atoms with Gasteiger partial charge in [-0.1, -0.05) is 18.2 Å². The van der Waals surface area contributed by atoms with Crippen LogP contribution in [0, 0.1) is 0 Å². The zero-order valence-electron chi connectivity index (χ0n) is 14.6. The van der Waals surface area contributed by atoms with Gasteiger partial charge >= 0.3 is 18.0 Å². The number of aliphatic carboxylic acids is 1. The van der Waals surface area contributed by atoms with Gasteiger partial charge < -0.3 is 15.5 Å². The van der Waals surface area contributed by atoms with Crippen LogP contribution in [0.3, 0.4) is 0 Å². The van der Waals surface area contributed by atoms with Crippen LogP contribution in [0.5, 0.6) is 0 Å². The molecular formula is C18H23N2O6+. The molecule has 140 valence electrons. The summed E-state index contributed by atoms with van der Waals surface area (Å²) >= 11 is 0. The first-order valence-corrected chi connectivity index (χ1v) is 8.52. The van der Waals surface area contributed by atoms with Crippen LogP contribution >= 0.6 is 0 Å². The molecule has 1 aromatic carbocycles. The molecule has 3 atom stereocenters. The van der Waals surface area contributed by atoms with E-state index in [9.17, 15) is 29.4 Å². The zero-order chi connectivity index (χ0) is 19.3. The number of carboxylic acid groups (broad SMARTS) is 2. The van der Waals surface area contributed by atoms with E-state index in [-0.39, 0.29) is 25.4 Å². The second kappa shape index (κ2) is 8.09. The number of carbonyl (C=O) groups excluding carboxylic acids is 2. The third kappa shape index (κ3) is 3.91. The Kier molecular flexibility index (Phi) is 6.10. The number of carbonyl (C=O) groups is 4. The van der Waals surface area contributed by atoms with Crippen LogP contribution in [-0.4, -0.2) is 57.2 Å². The molecule has 0 spiro atoms. The summed E-state index contributed by atoms with van der Waals surface area (Å²) in [5.74, 6) is -2.34. The third-order valence-electron chi connectivity index (χ3n) is 4.96. The molecule has 0 radical (unpaired) electrons. The van der Waals surface area contributed by atoms with Crippen molar-refractivity contribution in [3.63, 3.8) is 0 Å². The van der Waals surface area contributed by atoms with Crippen molar-refractivity contribution in [3.05, 3.63) is 35.9 Å². The molecule has 26 heavy (non-hydrogen) atoms. The molecule has 1 heterocycles. The molecule has 1 saturated heterocycles. The summed E-state index contributed by atoms with van der Waals surface area (Å²) in [4.78, 5) is 47.8. The first kappa shape index (κ1) is 19.6. The molecular weight excluding hydrogens is 340 g/mol. The first-order valence-electron chi connectivity index (χ1n) is 8.52. The number of quaternary nitrogens is 1. The minimum Gasteiger partial charge on any atom is -0.480 e. The van der Waals surface area contributed by atoms with Gasteiger partial charge in [0, 0.05) is 18.4 Å². The normalized spacial score (nSPS) is 23.2. The quantitative estimate of drug-likeness (QED) is 0.663. The van der Waals surface area contributed by atoms with Gasteiger partial charge in [-0.2, -0.15) is 9.28 Å². The van der Waals surface area contributed by atoms with E-state index in [4.69, 9.17) is 0 Å². The molecule has 0 aromatic heterocycles. The zero-order valence-corrected chi connectivity index (χ0v) is 14.6. The van der Waals surface area contributed by atoms with E-state index in [1.54, 1.807) is 37.3 Å². The van der Waals surface area contributed by atoms with E-state index < -0.39 is 34.4 Å². The average Bonchev–Trinajstić information content (AvgIpc) is 3.01. The van der Waals surface area contributed by atoms with E-state index in [0.717, 1.165) is 0 Å². The molecule has 1 unspecified atom stereocenters. The Morgan fingerprint density at radius 2 is 1.85 bits per heavy atom. The monoisotopic (exact) mass is 363 g/mol. The van der Waals surface area contributed by atoms with Gasteiger partial charge in [-0.05, 0) is 25.5 Å². The first-order chi connectivity index (χ1) is 12.3. The van der Waals surface area contributed by atoms with Crippen LogP contribution in [0.2, 0.25) is 0 Å². The fraction of sp³-hybridized carbons (Fsp3) is 0.444. The topological polar surface area (TPSA) is 121 Å². The Bertz CT molecular complexity index is 705. The summed E-state index contributed by atoms with van der Waals surface area (Å²) in [6.07, 6.45) is -0.340. The summed E-state index contributed by atoms with van der Waals surface area (Å²) in [6, 6.07) is 6.54. The van der Waals surface area contributed by atoms with Crippen molar-refractivity contribution >= 4 is 23.9 Å². The van der Waals surface area contributed by atoms with Gasteiger partial charge in [-0.15, -0.1) is 0 Å². The Morgan fingerprint density at radius 3 is 2.35 bits per heavy atom. The average molecular weight is 363 g/mol. The minimum atomic E-state index is -1.27. The molecule has 1 aliphatic heterocycles. The highest BCUT2D eigenvalue weighted by molar-refractivity contribution is 5.96. The van der Waals surface area contributed by atoms with E-state index in [2.05, 4.69) is 5.32 Å². The minimum absolute atomic E-state index is 0.160. The Labute approximate surface area is 151 Å². The molecule has 8 nitrogen and oxygen atoms in total. The molecule has 0 aliphatic carbocycles. The van der Waals surface area contributed by atoms with Crippen molar-refractivity contribution in [2.75, 3.05) is 6.54 Å². The van der Waals surface area contributed by atoms with Crippen LogP contribution in [-0.2, 0) is 9.59 Å². The van der Waals surface area contributed by atoms with Crippen molar-refractivity contribution in [2.45, 2.75) is 44.7 Å². The van der Waals surface area contributed by atoms with Crippen molar-refractivity contribution in [1.82, 2.24) is 5.32 Å². The van der Waals surface area contributed by atoms with Gasteiger partial charge in [-0.3, -0.25) is 4.79 Å². The van der Waals surface area contributed by atoms with Gasteiger partial charge in [0.15, 0.2) is 0 Å². The summed E-state index contributed by atoms with van der Waals surface area (Å²) in [6.45, 7) is 1.92. The lowest BCUT2D eigenvalue weighted by Gasteiger charge is -2.30. The Balaban J connectivity index is 2.04. The van der Waals surface area contributed by atoms with Crippen LogP contribution in [0.15, 0.2) is 30.3 Å². The summed E-state index contributed by atoms with van der Waals surface area (Å²) < 4.78 is -0.668. The molecule has 1 fully saturated rings. The maximum atomic E-state index is 12.6. The number of hydrogen-bond acceptors (Lipinski definition) is 4. The number of amides is 3. The lowest BCUT2D eigenvalue weighted by Crippen LogP contribution is -2.58. The second-order valence-corrected chi connectivity index (χ2v) is 6.53. The van der Waals surface area contributed by atoms with Gasteiger partial charge in [-0.25, -0.2) is 9.59 Å². The molecule has 1 aromatic rings. The molecule has 0 bridgehead atoms. The maximum absolute atomic E-state index is 12.6.